The molecule has 0 saturated carbocycles. The number of esters is 1. The van der Waals surface area contributed by atoms with Crippen LogP contribution in [-0.2, 0) is 16.1 Å². The van der Waals surface area contributed by atoms with Crippen molar-refractivity contribution >= 4 is 23.6 Å². The highest BCUT2D eigenvalue weighted by molar-refractivity contribution is 6.30. The predicted octanol–water partition coefficient (Wildman–Crippen LogP) is 4.42. The topological polar surface area (TPSA) is 44.8 Å². The lowest BCUT2D eigenvalue weighted by Crippen LogP contribution is -2.03. The number of halogens is 1. The Morgan fingerprint density at radius 2 is 1.71 bits per heavy atom. The van der Waals surface area contributed by atoms with Crippen LogP contribution in [-0.4, -0.2) is 20.2 Å². The number of aryl methyl sites for hydroxylation is 1. The Morgan fingerprint density at radius 1 is 1.08 bits per heavy atom. The molecule has 0 amide bonds. The first-order valence-corrected chi connectivity index (χ1v) is 7.73. The third kappa shape index (κ3) is 4.77. The molecule has 0 aliphatic carbocycles. The van der Waals surface area contributed by atoms with E-state index in [9.17, 15) is 4.79 Å². The van der Waals surface area contributed by atoms with E-state index in [0.29, 0.717) is 16.5 Å². The third-order valence-corrected chi connectivity index (χ3v) is 3.75. The van der Waals surface area contributed by atoms with E-state index in [2.05, 4.69) is 0 Å². The molecule has 0 bridgehead atoms. The predicted molar refractivity (Wildman–Crippen MR) is 94.6 cm³/mol. The Hall–Kier alpha value is -2.46. The number of hydrogen-bond donors (Lipinski definition) is 0. The molecular formula is C19H19ClO4. The van der Waals surface area contributed by atoms with Gasteiger partial charge in [0, 0.05) is 11.1 Å². The number of benzene rings is 2. The second-order valence-corrected chi connectivity index (χ2v) is 5.56. The zero-order chi connectivity index (χ0) is 17.5. The standard InChI is InChI=1S/C19H19ClO4/c1-13-10-17(22-2)18(23-3)11-15(13)12-24-19(21)9-6-14-4-7-16(20)8-5-14/h4-11H,12H2,1-3H3/b9-6+. The highest BCUT2D eigenvalue weighted by Crippen LogP contribution is 2.30. The van der Waals surface area contributed by atoms with Gasteiger partial charge in [-0.05, 0) is 54.0 Å². The second kappa shape index (κ2) is 8.41. The SMILES string of the molecule is COc1cc(C)c(COC(=O)/C=C/c2ccc(Cl)cc2)cc1OC. The van der Waals surface area contributed by atoms with Crippen molar-refractivity contribution in [1.29, 1.82) is 0 Å². The van der Waals surface area contributed by atoms with Gasteiger partial charge in [0.15, 0.2) is 11.5 Å². The maximum absolute atomic E-state index is 11.9. The molecule has 0 spiro atoms. The molecule has 2 aromatic carbocycles. The quantitative estimate of drug-likeness (QED) is 0.573. The summed E-state index contributed by atoms with van der Waals surface area (Å²) < 4.78 is 15.8. The van der Waals surface area contributed by atoms with E-state index in [4.69, 9.17) is 25.8 Å². The van der Waals surface area contributed by atoms with Crippen LogP contribution < -0.4 is 9.47 Å². The molecule has 0 aliphatic rings. The Balaban J connectivity index is 1.99. The van der Waals surface area contributed by atoms with E-state index < -0.39 is 5.97 Å². The Labute approximate surface area is 146 Å². The summed E-state index contributed by atoms with van der Waals surface area (Å²) in [5, 5.41) is 0.652. The van der Waals surface area contributed by atoms with Gasteiger partial charge in [0.25, 0.3) is 0 Å². The highest BCUT2D eigenvalue weighted by atomic mass is 35.5. The van der Waals surface area contributed by atoms with Crippen molar-refractivity contribution in [1.82, 2.24) is 0 Å². The minimum absolute atomic E-state index is 0.163. The number of hydrogen-bond acceptors (Lipinski definition) is 4. The van der Waals surface area contributed by atoms with E-state index in [1.807, 2.05) is 31.2 Å². The molecule has 0 N–H and O–H groups in total. The van der Waals surface area contributed by atoms with Gasteiger partial charge in [-0.1, -0.05) is 23.7 Å². The number of carbonyl (C=O) groups is 1. The molecule has 0 saturated heterocycles. The molecule has 0 unspecified atom stereocenters. The number of carbonyl (C=O) groups excluding carboxylic acids is 1. The van der Waals surface area contributed by atoms with Gasteiger partial charge < -0.3 is 14.2 Å². The summed E-state index contributed by atoms with van der Waals surface area (Å²) >= 11 is 5.82. The monoisotopic (exact) mass is 346 g/mol. The molecule has 0 heterocycles. The van der Waals surface area contributed by atoms with Gasteiger partial charge in [-0.15, -0.1) is 0 Å². The zero-order valence-corrected chi connectivity index (χ0v) is 14.6. The van der Waals surface area contributed by atoms with E-state index in [1.54, 1.807) is 32.4 Å². The van der Waals surface area contributed by atoms with Gasteiger partial charge in [-0.2, -0.15) is 0 Å². The van der Waals surface area contributed by atoms with Crippen molar-refractivity contribution in [2.45, 2.75) is 13.5 Å². The van der Waals surface area contributed by atoms with E-state index in [0.717, 1.165) is 16.7 Å². The average Bonchev–Trinajstić information content (AvgIpc) is 2.59. The summed E-state index contributed by atoms with van der Waals surface area (Å²) in [6.07, 6.45) is 3.07. The summed E-state index contributed by atoms with van der Waals surface area (Å²) in [7, 11) is 3.15. The van der Waals surface area contributed by atoms with Gasteiger partial charge in [-0.3, -0.25) is 0 Å². The fourth-order valence-electron chi connectivity index (χ4n) is 2.11. The Kier molecular flexibility index (Phi) is 6.27. The minimum atomic E-state index is -0.417. The maximum atomic E-state index is 11.9. The van der Waals surface area contributed by atoms with Crippen LogP contribution in [0.15, 0.2) is 42.5 Å². The molecule has 0 atom stereocenters. The summed E-state index contributed by atoms with van der Waals surface area (Å²) in [6.45, 7) is 2.09. The van der Waals surface area contributed by atoms with Gasteiger partial charge in [0.2, 0.25) is 0 Å². The van der Waals surface area contributed by atoms with Crippen LogP contribution in [0.4, 0.5) is 0 Å². The Morgan fingerprint density at radius 3 is 2.33 bits per heavy atom. The molecule has 4 nitrogen and oxygen atoms in total. The normalized spacial score (nSPS) is 10.7. The van der Waals surface area contributed by atoms with Crippen LogP contribution in [0.25, 0.3) is 6.08 Å². The number of methoxy groups -OCH3 is 2. The largest absolute Gasteiger partial charge is 0.493 e. The minimum Gasteiger partial charge on any atom is -0.493 e. The van der Waals surface area contributed by atoms with Crippen LogP contribution in [0.1, 0.15) is 16.7 Å². The van der Waals surface area contributed by atoms with Crippen molar-refractivity contribution in [2.75, 3.05) is 14.2 Å². The van der Waals surface area contributed by atoms with Gasteiger partial charge in [0.05, 0.1) is 14.2 Å². The summed E-state index contributed by atoms with van der Waals surface area (Å²) in [5.41, 5.74) is 2.70. The molecule has 0 fully saturated rings. The van der Waals surface area contributed by atoms with Gasteiger partial charge >= 0.3 is 5.97 Å². The van der Waals surface area contributed by atoms with Gasteiger partial charge in [0.1, 0.15) is 6.61 Å². The van der Waals surface area contributed by atoms with Crippen LogP contribution in [0.2, 0.25) is 5.02 Å². The first-order chi connectivity index (χ1) is 11.5. The zero-order valence-electron chi connectivity index (χ0n) is 13.8. The number of ether oxygens (including phenoxy) is 3. The first kappa shape index (κ1) is 17.9. The van der Waals surface area contributed by atoms with Crippen molar-refractivity contribution in [3.63, 3.8) is 0 Å². The smallest absolute Gasteiger partial charge is 0.331 e. The molecular weight excluding hydrogens is 328 g/mol. The molecule has 0 aliphatic heterocycles. The molecule has 0 aromatic heterocycles. The lowest BCUT2D eigenvalue weighted by Gasteiger charge is -2.12. The van der Waals surface area contributed by atoms with Crippen LogP contribution in [0.5, 0.6) is 11.5 Å². The summed E-state index contributed by atoms with van der Waals surface area (Å²) in [6, 6.07) is 10.8. The number of rotatable bonds is 6. The fraction of sp³-hybridized carbons (Fsp3) is 0.211. The van der Waals surface area contributed by atoms with Crippen LogP contribution in [0.3, 0.4) is 0 Å². The fourth-order valence-corrected chi connectivity index (χ4v) is 2.24. The van der Waals surface area contributed by atoms with Crippen LogP contribution in [0, 0.1) is 6.92 Å². The molecule has 2 aromatic rings. The molecule has 24 heavy (non-hydrogen) atoms. The molecule has 0 radical (unpaired) electrons. The third-order valence-electron chi connectivity index (χ3n) is 3.49. The van der Waals surface area contributed by atoms with Crippen molar-refractivity contribution in [2.24, 2.45) is 0 Å². The maximum Gasteiger partial charge on any atom is 0.331 e. The van der Waals surface area contributed by atoms with E-state index in [-0.39, 0.29) is 6.61 Å². The summed E-state index contributed by atoms with van der Waals surface area (Å²) in [5.74, 6) is 0.831. The Bertz CT molecular complexity index is 736. The summed E-state index contributed by atoms with van der Waals surface area (Å²) in [4.78, 5) is 11.9. The average molecular weight is 347 g/mol. The van der Waals surface area contributed by atoms with Gasteiger partial charge in [-0.25, -0.2) is 4.79 Å². The lowest BCUT2D eigenvalue weighted by atomic mass is 10.1. The first-order valence-electron chi connectivity index (χ1n) is 7.35. The molecule has 126 valence electrons. The van der Waals surface area contributed by atoms with Crippen molar-refractivity contribution < 1.29 is 19.0 Å². The van der Waals surface area contributed by atoms with Crippen molar-refractivity contribution in [3.05, 3.63) is 64.2 Å². The molecule has 2 rings (SSSR count). The highest BCUT2D eigenvalue weighted by Gasteiger charge is 2.09. The van der Waals surface area contributed by atoms with Crippen molar-refractivity contribution in [3.8, 4) is 11.5 Å². The second-order valence-electron chi connectivity index (χ2n) is 5.13. The lowest BCUT2D eigenvalue weighted by molar-refractivity contribution is -0.138. The van der Waals surface area contributed by atoms with E-state index >= 15 is 0 Å². The van der Waals surface area contributed by atoms with Crippen LogP contribution >= 0.6 is 11.6 Å². The molecule has 5 heteroatoms. The van der Waals surface area contributed by atoms with E-state index in [1.165, 1.54) is 6.08 Å².